The van der Waals surface area contributed by atoms with Gasteiger partial charge >= 0.3 is 0 Å². The SMILES string of the molecule is Cc1ccc(-n2c(SCc3nc(N)nc(N(C)C)n3)nc3ccccc3c2=O)cc1C. The van der Waals surface area contributed by atoms with Crippen LogP contribution in [0, 0.1) is 13.8 Å². The lowest BCUT2D eigenvalue weighted by atomic mass is 10.1. The Hall–Kier alpha value is -3.46. The lowest BCUT2D eigenvalue weighted by molar-refractivity contribution is 0.816. The van der Waals surface area contributed by atoms with Gasteiger partial charge in [-0.15, -0.1) is 0 Å². The fraction of sp³-hybridized carbons (Fsp3) is 0.227. The standard InChI is InChI=1S/C22H23N7OS/c1-13-9-10-15(11-14(13)2)29-19(30)16-7-5-6-8-17(16)24-22(29)31-12-18-25-20(23)27-21(26-18)28(3)4/h5-11H,12H2,1-4H3,(H2,23,25,26,27). The number of anilines is 2. The highest BCUT2D eigenvalue weighted by Gasteiger charge is 2.15. The van der Waals surface area contributed by atoms with Gasteiger partial charge in [0.2, 0.25) is 11.9 Å². The van der Waals surface area contributed by atoms with Gasteiger partial charge in [-0.3, -0.25) is 9.36 Å². The van der Waals surface area contributed by atoms with E-state index in [1.807, 2.05) is 64.3 Å². The zero-order valence-corrected chi connectivity index (χ0v) is 18.6. The number of rotatable bonds is 5. The van der Waals surface area contributed by atoms with Crippen LogP contribution in [0.3, 0.4) is 0 Å². The van der Waals surface area contributed by atoms with Crippen LogP contribution in [0.1, 0.15) is 17.0 Å². The Morgan fingerprint density at radius 1 is 1.00 bits per heavy atom. The number of nitrogens with zero attached hydrogens (tertiary/aromatic N) is 6. The Morgan fingerprint density at radius 2 is 1.77 bits per heavy atom. The number of nitrogens with two attached hydrogens (primary N) is 1. The number of para-hydroxylation sites is 1. The van der Waals surface area contributed by atoms with E-state index in [9.17, 15) is 4.79 Å². The Bertz CT molecular complexity index is 1330. The van der Waals surface area contributed by atoms with Crippen molar-refractivity contribution in [3.05, 3.63) is 69.8 Å². The highest BCUT2D eigenvalue weighted by Crippen LogP contribution is 2.25. The summed E-state index contributed by atoms with van der Waals surface area (Å²) in [6.45, 7) is 4.07. The van der Waals surface area contributed by atoms with Gasteiger partial charge in [-0.2, -0.15) is 15.0 Å². The fourth-order valence-electron chi connectivity index (χ4n) is 3.12. The van der Waals surface area contributed by atoms with Crippen LogP contribution in [-0.4, -0.2) is 38.6 Å². The van der Waals surface area contributed by atoms with E-state index in [-0.39, 0.29) is 11.5 Å². The molecule has 0 unspecified atom stereocenters. The van der Waals surface area contributed by atoms with Gasteiger partial charge in [0, 0.05) is 14.1 Å². The third-order valence-corrected chi connectivity index (χ3v) is 5.85. The van der Waals surface area contributed by atoms with Crippen LogP contribution < -0.4 is 16.2 Å². The second kappa shape index (κ2) is 8.35. The summed E-state index contributed by atoms with van der Waals surface area (Å²) in [6.07, 6.45) is 0. The molecule has 0 saturated heterocycles. The second-order valence-electron chi connectivity index (χ2n) is 7.41. The van der Waals surface area contributed by atoms with Crippen molar-refractivity contribution in [1.29, 1.82) is 0 Å². The predicted octanol–water partition coefficient (Wildman–Crippen LogP) is 3.13. The molecule has 4 rings (SSSR count). The molecule has 0 spiro atoms. The summed E-state index contributed by atoms with van der Waals surface area (Å²) in [7, 11) is 3.68. The topological polar surface area (TPSA) is 103 Å². The molecule has 0 saturated carbocycles. The monoisotopic (exact) mass is 433 g/mol. The molecule has 4 aromatic rings. The molecule has 9 heteroatoms. The summed E-state index contributed by atoms with van der Waals surface area (Å²) in [4.78, 5) is 32.8. The lowest BCUT2D eigenvalue weighted by Crippen LogP contribution is -2.22. The largest absolute Gasteiger partial charge is 0.368 e. The lowest BCUT2D eigenvalue weighted by Gasteiger charge is -2.15. The van der Waals surface area contributed by atoms with Gasteiger partial charge in [0.05, 0.1) is 22.3 Å². The third kappa shape index (κ3) is 4.22. The predicted molar refractivity (Wildman–Crippen MR) is 125 cm³/mol. The van der Waals surface area contributed by atoms with Crippen LogP contribution in [0.25, 0.3) is 16.6 Å². The Morgan fingerprint density at radius 3 is 2.52 bits per heavy atom. The first-order chi connectivity index (χ1) is 14.8. The molecule has 0 amide bonds. The molecule has 0 aliphatic rings. The van der Waals surface area contributed by atoms with Gasteiger partial charge in [-0.05, 0) is 49.2 Å². The molecule has 8 nitrogen and oxygen atoms in total. The average molecular weight is 434 g/mol. The van der Waals surface area contributed by atoms with Crippen molar-refractivity contribution in [2.24, 2.45) is 0 Å². The molecule has 0 radical (unpaired) electrons. The minimum absolute atomic E-state index is 0.111. The fourth-order valence-corrected chi connectivity index (χ4v) is 3.99. The number of benzene rings is 2. The van der Waals surface area contributed by atoms with Crippen LogP contribution in [0.15, 0.2) is 52.4 Å². The highest BCUT2D eigenvalue weighted by atomic mass is 32.2. The van der Waals surface area contributed by atoms with E-state index in [0.29, 0.717) is 33.6 Å². The van der Waals surface area contributed by atoms with Gasteiger partial charge in [-0.1, -0.05) is 30.0 Å². The van der Waals surface area contributed by atoms with Crippen LogP contribution in [-0.2, 0) is 5.75 Å². The molecule has 2 heterocycles. The Balaban J connectivity index is 1.81. The third-order valence-electron chi connectivity index (χ3n) is 4.91. The van der Waals surface area contributed by atoms with Crippen molar-refractivity contribution in [3.8, 4) is 5.69 Å². The van der Waals surface area contributed by atoms with Crippen molar-refractivity contribution >= 4 is 34.6 Å². The minimum atomic E-state index is -0.111. The van der Waals surface area contributed by atoms with Crippen LogP contribution >= 0.6 is 11.8 Å². The Kier molecular flexibility index (Phi) is 5.60. The molecule has 2 aromatic heterocycles. The van der Waals surface area contributed by atoms with Gasteiger partial charge in [0.15, 0.2) is 5.16 Å². The normalized spacial score (nSPS) is 11.1. The number of hydrogen-bond acceptors (Lipinski definition) is 8. The molecule has 0 fully saturated rings. The minimum Gasteiger partial charge on any atom is -0.368 e. The van der Waals surface area contributed by atoms with E-state index < -0.39 is 0 Å². The quantitative estimate of drug-likeness (QED) is 0.378. The van der Waals surface area contributed by atoms with E-state index in [2.05, 4.69) is 15.0 Å². The van der Waals surface area contributed by atoms with E-state index >= 15 is 0 Å². The number of hydrogen-bond donors (Lipinski definition) is 1. The van der Waals surface area contributed by atoms with E-state index in [4.69, 9.17) is 10.7 Å². The van der Waals surface area contributed by atoms with Gasteiger partial charge in [0.25, 0.3) is 5.56 Å². The van der Waals surface area contributed by atoms with Crippen molar-refractivity contribution in [2.45, 2.75) is 24.8 Å². The molecule has 0 aliphatic heterocycles. The summed E-state index contributed by atoms with van der Waals surface area (Å²) < 4.78 is 1.65. The number of fused-ring (bicyclic) bond motifs is 1. The number of thioether (sulfide) groups is 1. The summed E-state index contributed by atoms with van der Waals surface area (Å²) >= 11 is 1.39. The van der Waals surface area contributed by atoms with Crippen molar-refractivity contribution in [1.82, 2.24) is 24.5 Å². The van der Waals surface area contributed by atoms with Crippen molar-refractivity contribution in [3.63, 3.8) is 0 Å². The van der Waals surface area contributed by atoms with E-state index in [1.54, 1.807) is 15.5 Å². The maximum absolute atomic E-state index is 13.4. The summed E-state index contributed by atoms with van der Waals surface area (Å²) in [5, 5.41) is 1.14. The van der Waals surface area contributed by atoms with Crippen molar-refractivity contribution < 1.29 is 0 Å². The summed E-state index contributed by atoms with van der Waals surface area (Å²) in [6, 6.07) is 13.3. The summed E-state index contributed by atoms with van der Waals surface area (Å²) in [5.41, 5.74) is 9.43. The number of nitrogen functional groups attached to an aromatic ring is 1. The zero-order valence-electron chi connectivity index (χ0n) is 17.8. The van der Waals surface area contributed by atoms with Crippen LogP contribution in [0.5, 0.6) is 0 Å². The molecule has 31 heavy (non-hydrogen) atoms. The first kappa shape index (κ1) is 20.8. The average Bonchev–Trinajstić information content (AvgIpc) is 2.74. The maximum Gasteiger partial charge on any atom is 0.266 e. The van der Waals surface area contributed by atoms with Gasteiger partial charge in [0.1, 0.15) is 5.82 Å². The molecule has 2 N–H and O–H groups in total. The van der Waals surface area contributed by atoms with Gasteiger partial charge < -0.3 is 10.6 Å². The highest BCUT2D eigenvalue weighted by molar-refractivity contribution is 7.98. The first-order valence-corrected chi connectivity index (χ1v) is 10.7. The smallest absolute Gasteiger partial charge is 0.266 e. The molecular formula is C22H23N7OS. The van der Waals surface area contributed by atoms with Gasteiger partial charge in [-0.25, -0.2) is 4.98 Å². The van der Waals surface area contributed by atoms with E-state index in [1.165, 1.54) is 11.8 Å². The number of aromatic nitrogens is 5. The molecule has 0 bridgehead atoms. The molecule has 2 aromatic carbocycles. The van der Waals surface area contributed by atoms with Crippen LogP contribution in [0.2, 0.25) is 0 Å². The van der Waals surface area contributed by atoms with Crippen molar-refractivity contribution in [2.75, 3.05) is 24.7 Å². The van der Waals surface area contributed by atoms with E-state index in [0.717, 1.165) is 16.8 Å². The summed E-state index contributed by atoms with van der Waals surface area (Å²) in [5.74, 6) is 1.56. The molecule has 0 atom stereocenters. The van der Waals surface area contributed by atoms with Crippen LogP contribution in [0.4, 0.5) is 11.9 Å². The second-order valence-corrected chi connectivity index (χ2v) is 8.36. The molecule has 0 aliphatic carbocycles. The zero-order chi connectivity index (χ0) is 22.1. The first-order valence-electron chi connectivity index (χ1n) is 9.73. The molecular weight excluding hydrogens is 410 g/mol. The molecule has 158 valence electrons. The number of aryl methyl sites for hydroxylation is 2. The Labute approximate surface area is 184 Å². The maximum atomic E-state index is 13.4.